The number of nitrogens with zero attached hydrogens (tertiary/aromatic N) is 4. The molecule has 0 saturated carbocycles. The third-order valence-electron chi connectivity index (χ3n) is 5.67. The first-order valence-electron chi connectivity index (χ1n) is 10.6. The lowest BCUT2D eigenvalue weighted by molar-refractivity contribution is -0.124. The van der Waals surface area contributed by atoms with E-state index in [4.69, 9.17) is 4.98 Å². The minimum absolute atomic E-state index is 0.124. The van der Waals surface area contributed by atoms with Crippen molar-refractivity contribution in [3.8, 4) is 10.4 Å². The van der Waals surface area contributed by atoms with Crippen molar-refractivity contribution in [2.45, 2.75) is 39.3 Å². The Hall–Kier alpha value is -3.30. The molecule has 1 aliphatic heterocycles. The molecule has 1 amide bonds. The Morgan fingerprint density at radius 1 is 1.31 bits per heavy atom. The quantitative estimate of drug-likeness (QED) is 0.488. The standard InChI is InChI=1S/C23H24N6O2S/c1-14-17(13-28(26-14)12-16-7-4-3-5-8-16)20-11-18-21(32-20)23(31)25-22(24-18)19-9-6-10-29(19)27-15(2)30/h3-5,7-8,11,13,19H,6,9-10,12H2,1-2H3,(H,27,30)(H,24,25,31). The summed E-state index contributed by atoms with van der Waals surface area (Å²) in [4.78, 5) is 33.0. The van der Waals surface area contributed by atoms with Crippen LogP contribution in [0, 0.1) is 6.92 Å². The lowest BCUT2D eigenvalue weighted by Crippen LogP contribution is -2.41. The second kappa shape index (κ2) is 8.33. The Morgan fingerprint density at radius 3 is 2.91 bits per heavy atom. The zero-order chi connectivity index (χ0) is 22.2. The van der Waals surface area contributed by atoms with Gasteiger partial charge in [-0.05, 0) is 31.4 Å². The van der Waals surface area contributed by atoms with Crippen LogP contribution >= 0.6 is 11.3 Å². The predicted octanol–water partition coefficient (Wildman–Crippen LogP) is 3.39. The zero-order valence-corrected chi connectivity index (χ0v) is 18.8. The minimum atomic E-state index is -0.148. The average molecular weight is 449 g/mol. The summed E-state index contributed by atoms with van der Waals surface area (Å²) in [7, 11) is 0. The zero-order valence-electron chi connectivity index (χ0n) is 18.0. The second-order valence-corrected chi connectivity index (χ2v) is 9.16. The molecule has 8 nitrogen and oxygen atoms in total. The third-order valence-corrected chi connectivity index (χ3v) is 6.83. The van der Waals surface area contributed by atoms with Gasteiger partial charge < -0.3 is 4.98 Å². The van der Waals surface area contributed by atoms with Crippen LogP contribution in [0.25, 0.3) is 20.7 Å². The number of hydrogen-bond donors (Lipinski definition) is 2. The van der Waals surface area contributed by atoms with Gasteiger partial charge in [-0.1, -0.05) is 30.3 Å². The molecule has 0 radical (unpaired) electrons. The molecule has 1 fully saturated rings. The summed E-state index contributed by atoms with van der Waals surface area (Å²) in [6.07, 6.45) is 3.79. The van der Waals surface area contributed by atoms with Crippen molar-refractivity contribution in [2.75, 3.05) is 6.54 Å². The van der Waals surface area contributed by atoms with Crippen molar-refractivity contribution in [2.24, 2.45) is 0 Å². The molecule has 4 heterocycles. The topological polar surface area (TPSA) is 95.9 Å². The van der Waals surface area contributed by atoms with E-state index in [-0.39, 0.29) is 17.5 Å². The summed E-state index contributed by atoms with van der Waals surface area (Å²) in [6.45, 7) is 4.89. The molecule has 1 unspecified atom stereocenters. The number of aromatic amines is 1. The molecule has 3 aromatic heterocycles. The van der Waals surface area contributed by atoms with Crippen molar-refractivity contribution >= 4 is 27.5 Å². The summed E-state index contributed by atoms with van der Waals surface area (Å²) in [5.41, 5.74) is 6.47. The van der Waals surface area contributed by atoms with E-state index < -0.39 is 0 Å². The van der Waals surface area contributed by atoms with Gasteiger partial charge in [0.1, 0.15) is 10.5 Å². The normalized spacial score (nSPS) is 16.6. The maximum atomic E-state index is 12.8. The predicted molar refractivity (Wildman–Crippen MR) is 124 cm³/mol. The van der Waals surface area contributed by atoms with E-state index in [1.807, 2.05) is 47.1 Å². The number of amides is 1. The molecule has 164 valence electrons. The third kappa shape index (κ3) is 3.96. The molecule has 4 aromatic rings. The van der Waals surface area contributed by atoms with Gasteiger partial charge in [0.15, 0.2) is 0 Å². The van der Waals surface area contributed by atoms with Gasteiger partial charge in [0.05, 0.1) is 23.8 Å². The van der Waals surface area contributed by atoms with E-state index in [1.165, 1.54) is 23.8 Å². The molecule has 0 aliphatic carbocycles. The van der Waals surface area contributed by atoms with E-state index in [0.29, 0.717) is 22.6 Å². The summed E-state index contributed by atoms with van der Waals surface area (Å²) >= 11 is 1.43. The van der Waals surface area contributed by atoms with Crippen molar-refractivity contribution in [1.29, 1.82) is 0 Å². The molecule has 32 heavy (non-hydrogen) atoms. The number of aryl methyl sites for hydroxylation is 1. The summed E-state index contributed by atoms with van der Waals surface area (Å²) < 4.78 is 2.53. The summed E-state index contributed by atoms with van der Waals surface area (Å²) in [5.74, 6) is 0.468. The smallest absolute Gasteiger partial charge is 0.268 e. The SMILES string of the molecule is CC(=O)NN1CCCC1c1nc2cc(-c3cn(Cc4ccccc4)nc3C)sc2c(=O)[nH]1. The molecular weight excluding hydrogens is 424 g/mol. The Kier molecular flexibility index (Phi) is 5.36. The number of nitrogens with one attached hydrogen (secondary N) is 2. The van der Waals surface area contributed by atoms with Crippen LogP contribution in [0.2, 0.25) is 0 Å². The molecule has 9 heteroatoms. The Morgan fingerprint density at radius 2 is 2.12 bits per heavy atom. The van der Waals surface area contributed by atoms with Crippen LogP contribution in [0.4, 0.5) is 0 Å². The van der Waals surface area contributed by atoms with Gasteiger partial charge in [-0.3, -0.25) is 19.7 Å². The molecular formula is C23H24N6O2S. The first kappa shape index (κ1) is 20.6. The van der Waals surface area contributed by atoms with Crippen LogP contribution in [0.15, 0.2) is 47.4 Å². The monoisotopic (exact) mass is 448 g/mol. The fraction of sp³-hybridized carbons (Fsp3) is 0.304. The number of carbonyl (C=O) groups excluding carboxylic acids is 1. The minimum Gasteiger partial charge on any atom is -0.308 e. The Balaban J connectivity index is 1.47. The number of fused-ring (bicyclic) bond motifs is 1. The van der Waals surface area contributed by atoms with Crippen LogP contribution in [-0.2, 0) is 11.3 Å². The summed E-state index contributed by atoms with van der Waals surface area (Å²) in [6, 6.07) is 12.0. The van der Waals surface area contributed by atoms with E-state index in [1.54, 1.807) is 0 Å². The molecule has 0 spiro atoms. The second-order valence-electron chi connectivity index (χ2n) is 8.11. The van der Waals surface area contributed by atoms with E-state index in [9.17, 15) is 9.59 Å². The van der Waals surface area contributed by atoms with Crippen LogP contribution in [-0.4, -0.2) is 37.2 Å². The average Bonchev–Trinajstić information content (AvgIpc) is 3.47. The number of benzene rings is 1. The molecule has 2 N–H and O–H groups in total. The van der Waals surface area contributed by atoms with Crippen molar-refractivity contribution in [3.63, 3.8) is 0 Å². The maximum absolute atomic E-state index is 12.8. The maximum Gasteiger partial charge on any atom is 0.268 e. The van der Waals surface area contributed by atoms with E-state index in [0.717, 1.165) is 35.5 Å². The number of rotatable bonds is 5. The van der Waals surface area contributed by atoms with Crippen molar-refractivity contribution < 1.29 is 4.79 Å². The number of thiophene rings is 1. The number of H-pyrrole nitrogens is 1. The fourth-order valence-electron chi connectivity index (χ4n) is 4.25. The number of hydrogen-bond acceptors (Lipinski definition) is 6. The van der Waals surface area contributed by atoms with Crippen LogP contribution < -0.4 is 11.0 Å². The lowest BCUT2D eigenvalue weighted by atomic mass is 10.2. The van der Waals surface area contributed by atoms with Crippen LogP contribution in [0.5, 0.6) is 0 Å². The highest BCUT2D eigenvalue weighted by Gasteiger charge is 2.29. The molecule has 1 saturated heterocycles. The highest BCUT2D eigenvalue weighted by Crippen LogP contribution is 2.34. The molecule has 1 atom stereocenters. The lowest BCUT2D eigenvalue weighted by Gasteiger charge is -2.23. The van der Waals surface area contributed by atoms with Crippen LogP contribution in [0.3, 0.4) is 0 Å². The Labute approximate surface area is 188 Å². The number of carbonyl (C=O) groups is 1. The van der Waals surface area contributed by atoms with E-state index >= 15 is 0 Å². The number of hydrazine groups is 1. The first-order valence-corrected chi connectivity index (χ1v) is 11.5. The largest absolute Gasteiger partial charge is 0.308 e. The first-order chi connectivity index (χ1) is 15.5. The molecule has 1 aliphatic rings. The molecule has 0 bridgehead atoms. The Bertz CT molecular complexity index is 1340. The van der Waals surface area contributed by atoms with Gasteiger partial charge in [-0.2, -0.15) is 5.10 Å². The van der Waals surface area contributed by atoms with Gasteiger partial charge in [0, 0.05) is 30.1 Å². The highest BCUT2D eigenvalue weighted by atomic mass is 32.1. The van der Waals surface area contributed by atoms with Crippen molar-refractivity contribution in [3.05, 3.63) is 70.0 Å². The van der Waals surface area contributed by atoms with Crippen molar-refractivity contribution in [1.82, 2.24) is 30.2 Å². The van der Waals surface area contributed by atoms with Gasteiger partial charge >= 0.3 is 0 Å². The van der Waals surface area contributed by atoms with E-state index in [2.05, 4.69) is 27.6 Å². The summed E-state index contributed by atoms with van der Waals surface area (Å²) in [5, 5.41) is 6.52. The molecule has 5 rings (SSSR count). The van der Waals surface area contributed by atoms with Gasteiger partial charge in [-0.25, -0.2) is 9.99 Å². The van der Waals surface area contributed by atoms with Gasteiger partial charge in [0.2, 0.25) is 5.91 Å². The molecule has 1 aromatic carbocycles. The fourth-order valence-corrected chi connectivity index (χ4v) is 5.30. The van der Waals surface area contributed by atoms with Crippen LogP contribution in [0.1, 0.15) is 42.9 Å². The van der Waals surface area contributed by atoms with Gasteiger partial charge in [0.25, 0.3) is 5.56 Å². The highest BCUT2D eigenvalue weighted by molar-refractivity contribution is 7.22. The number of aromatic nitrogens is 4. The van der Waals surface area contributed by atoms with Gasteiger partial charge in [-0.15, -0.1) is 11.3 Å².